The van der Waals surface area contributed by atoms with E-state index in [-0.39, 0.29) is 0 Å². The van der Waals surface area contributed by atoms with Gasteiger partial charge < -0.3 is 4.90 Å². The highest BCUT2D eigenvalue weighted by Crippen LogP contribution is 2.13. The summed E-state index contributed by atoms with van der Waals surface area (Å²) in [5.41, 5.74) is 1.30. The summed E-state index contributed by atoms with van der Waals surface area (Å²) in [5, 5.41) is 7.68. The third kappa shape index (κ3) is 1.89. The lowest BCUT2D eigenvalue weighted by Gasteiger charge is -2.17. The van der Waals surface area contributed by atoms with Gasteiger partial charge in [0.15, 0.2) is 0 Å². The van der Waals surface area contributed by atoms with Gasteiger partial charge in [0.25, 0.3) is 0 Å². The van der Waals surface area contributed by atoms with E-state index in [1.54, 1.807) is 0 Å². The molecule has 0 saturated carbocycles. The first-order chi connectivity index (χ1) is 6.36. The van der Waals surface area contributed by atoms with Crippen molar-refractivity contribution in [3.05, 3.63) is 35.9 Å². The molecule has 2 rings (SSSR count). The third-order valence-corrected chi connectivity index (χ3v) is 2.44. The van der Waals surface area contributed by atoms with Gasteiger partial charge in [-0.1, -0.05) is 30.3 Å². The smallest absolute Gasteiger partial charge is 0.0961 e. The van der Waals surface area contributed by atoms with E-state index < -0.39 is 0 Å². The zero-order valence-corrected chi connectivity index (χ0v) is 7.66. The molecule has 0 spiro atoms. The van der Waals surface area contributed by atoms with E-state index in [0.29, 0.717) is 0 Å². The topological polar surface area (TPSA) is 27.1 Å². The summed E-state index contributed by atoms with van der Waals surface area (Å²) in [6, 6.07) is 10.4. The summed E-state index contributed by atoms with van der Waals surface area (Å²) in [5.74, 6) is 0.795. The molecule has 68 valence electrons. The van der Waals surface area contributed by atoms with E-state index >= 15 is 0 Å². The number of likely N-dealkylation sites (tertiary alicyclic amines) is 1. The van der Waals surface area contributed by atoms with E-state index in [2.05, 4.69) is 29.2 Å². The van der Waals surface area contributed by atoms with Gasteiger partial charge in [0.05, 0.1) is 5.84 Å². The number of rotatable bonds is 2. The van der Waals surface area contributed by atoms with Gasteiger partial charge in [-0.2, -0.15) is 0 Å². The minimum Gasteiger partial charge on any atom is -0.356 e. The van der Waals surface area contributed by atoms with Crippen LogP contribution in [-0.4, -0.2) is 17.3 Å². The van der Waals surface area contributed by atoms with Crippen LogP contribution < -0.4 is 0 Å². The molecule has 1 aliphatic rings. The molecule has 1 aromatic rings. The number of hydrogen-bond acceptors (Lipinski definition) is 1. The molecule has 1 fully saturated rings. The van der Waals surface area contributed by atoms with Crippen molar-refractivity contribution in [1.82, 2.24) is 4.90 Å². The zero-order valence-electron chi connectivity index (χ0n) is 7.66. The fourth-order valence-electron chi connectivity index (χ4n) is 1.71. The lowest BCUT2D eigenvalue weighted by atomic mass is 10.2. The molecule has 0 unspecified atom stereocenters. The second-order valence-corrected chi connectivity index (χ2v) is 3.46. The minimum absolute atomic E-state index is 0.795. The van der Waals surface area contributed by atoms with E-state index in [4.69, 9.17) is 5.41 Å². The predicted octanol–water partition coefficient (Wildman–Crippen LogP) is 2.26. The van der Waals surface area contributed by atoms with Crippen molar-refractivity contribution in [3.8, 4) is 0 Å². The second-order valence-electron chi connectivity index (χ2n) is 3.46. The molecule has 13 heavy (non-hydrogen) atoms. The Labute approximate surface area is 78.7 Å². The second kappa shape index (κ2) is 3.60. The van der Waals surface area contributed by atoms with Gasteiger partial charge in [-0.15, -0.1) is 0 Å². The van der Waals surface area contributed by atoms with Gasteiger partial charge in [0, 0.05) is 19.5 Å². The molecule has 0 radical (unpaired) electrons. The molecule has 0 bridgehead atoms. The van der Waals surface area contributed by atoms with Gasteiger partial charge in [0.1, 0.15) is 0 Å². The first kappa shape index (κ1) is 8.30. The molecular formula is C11H14N2. The SMILES string of the molecule is N=C1CCCN1Cc1ccccc1. The average Bonchev–Trinajstić information content (AvgIpc) is 2.54. The Morgan fingerprint density at radius 3 is 2.62 bits per heavy atom. The highest BCUT2D eigenvalue weighted by atomic mass is 15.2. The Morgan fingerprint density at radius 1 is 1.23 bits per heavy atom. The van der Waals surface area contributed by atoms with Crippen molar-refractivity contribution < 1.29 is 0 Å². The van der Waals surface area contributed by atoms with E-state index in [0.717, 1.165) is 31.8 Å². The van der Waals surface area contributed by atoms with E-state index in [1.807, 2.05) is 6.07 Å². The van der Waals surface area contributed by atoms with Crippen LogP contribution in [0.3, 0.4) is 0 Å². The van der Waals surface area contributed by atoms with Gasteiger partial charge in [0.2, 0.25) is 0 Å². The monoisotopic (exact) mass is 174 g/mol. The van der Waals surface area contributed by atoms with E-state index in [9.17, 15) is 0 Å². The highest BCUT2D eigenvalue weighted by Gasteiger charge is 2.16. The fraction of sp³-hybridized carbons (Fsp3) is 0.364. The van der Waals surface area contributed by atoms with Crippen LogP contribution in [0.4, 0.5) is 0 Å². The van der Waals surface area contributed by atoms with Gasteiger partial charge in [-0.05, 0) is 12.0 Å². The van der Waals surface area contributed by atoms with Crippen LogP contribution in [0.5, 0.6) is 0 Å². The summed E-state index contributed by atoms with van der Waals surface area (Å²) in [7, 11) is 0. The molecule has 1 aliphatic heterocycles. The quantitative estimate of drug-likeness (QED) is 0.731. The molecule has 0 atom stereocenters. The molecule has 1 saturated heterocycles. The molecule has 2 heteroatoms. The number of hydrogen-bond donors (Lipinski definition) is 1. The van der Waals surface area contributed by atoms with Gasteiger partial charge >= 0.3 is 0 Å². The summed E-state index contributed by atoms with van der Waals surface area (Å²) < 4.78 is 0. The molecule has 0 aromatic heterocycles. The summed E-state index contributed by atoms with van der Waals surface area (Å²) >= 11 is 0. The van der Waals surface area contributed by atoms with Crippen molar-refractivity contribution in [1.29, 1.82) is 5.41 Å². The molecule has 0 aliphatic carbocycles. The fourth-order valence-corrected chi connectivity index (χ4v) is 1.71. The van der Waals surface area contributed by atoms with Crippen LogP contribution in [0.2, 0.25) is 0 Å². The summed E-state index contributed by atoms with van der Waals surface area (Å²) in [6.07, 6.45) is 2.10. The van der Waals surface area contributed by atoms with Crippen molar-refractivity contribution >= 4 is 5.84 Å². The Morgan fingerprint density at radius 2 is 2.00 bits per heavy atom. The van der Waals surface area contributed by atoms with Gasteiger partial charge in [-0.3, -0.25) is 5.41 Å². The van der Waals surface area contributed by atoms with E-state index in [1.165, 1.54) is 5.56 Å². The van der Waals surface area contributed by atoms with Gasteiger partial charge in [-0.25, -0.2) is 0 Å². The van der Waals surface area contributed by atoms with Crippen molar-refractivity contribution in [2.45, 2.75) is 19.4 Å². The number of benzene rings is 1. The Bertz CT molecular complexity index is 292. The Balaban J connectivity index is 2.02. The van der Waals surface area contributed by atoms with Crippen molar-refractivity contribution in [2.75, 3.05) is 6.54 Å². The van der Waals surface area contributed by atoms with Crippen LogP contribution >= 0.6 is 0 Å². The maximum Gasteiger partial charge on any atom is 0.0961 e. The zero-order chi connectivity index (χ0) is 9.10. The number of nitrogens with one attached hydrogen (secondary N) is 1. The predicted molar refractivity (Wildman–Crippen MR) is 53.8 cm³/mol. The van der Waals surface area contributed by atoms with Crippen LogP contribution in [0, 0.1) is 5.41 Å². The molecule has 1 aromatic carbocycles. The molecule has 2 nitrogen and oxygen atoms in total. The van der Waals surface area contributed by atoms with Crippen LogP contribution in [0.25, 0.3) is 0 Å². The van der Waals surface area contributed by atoms with Crippen LogP contribution in [-0.2, 0) is 6.54 Å². The van der Waals surface area contributed by atoms with Crippen molar-refractivity contribution in [3.63, 3.8) is 0 Å². The summed E-state index contributed by atoms with van der Waals surface area (Å²) in [4.78, 5) is 2.15. The molecule has 1 heterocycles. The van der Waals surface area contributed by atoms with Crippen LogP contribution in [0.15, 0.2) is 30.3 Å². The Hall–Kier alpha value is -1.31. The average molecular weight is 174 g/mol. The highest BCUT2D eigenvalue weighted by molar-refractivity contribution is 5.80. The largest absolute Gasteiger partial charge is 0.356 e. The van der Waals surface area contributed by atoms with Crippen LogP contribution in [0.1, 0.15) is 18.4 Å². The maximum absolute atomic E-state index is 7.68. The lowest BCUT2D eigenvalue weighted by Crippen LogP contribution is -2.23. The normalized spacial score (nSPS) is 16.6. The molecule has 0 amide bonds. The first-order valence-electron chi connectivity index (χ1n) is 4.72. The molecule has 1 N–H and O–H groups in total. The number of amidine groups is 1. The summed E-state index contributed by atoms with van der Waals surface area (Å²) in [6.45, 7) is 1.95. The lowest BCUT2D eigenvalue weighted by molar-refractivity contribution is 0.446. The Kier molecular flexibility index (Phi) is 2.30. The number of nitrogens with zero attached hydrogens (tertiary/aromatic N) is 1. The van der Waals surface area contributed by atoms with Crippen molar-refractivity contribution in [2.24, 2.45) is 0 Å². The standard InChI is InChI=1S/C11H14N2/c12-11-7-4-8-13(11)9-10-5-2-1-3-6-10/h1-3,5-6,12H,4,7-9H2. The maximum atomic E-state index is 7.68. The molecular weight excluding hydrogens is 160 g/mol. The first-order valence-corrected chi connectivity index (χ1v) is 4.72. The minimum atomic E-state index is 0.795. The third-order valence-electron chi connectivity index (χ3n) is 2.44.